The van der Waals surface area contributed by atoms with Crippen molar-refractivity contribution in [1.82, 2.24) is 10.2 Å². The number of carbonyl (C=O) groups excluding carboxylic acids is 1. The molecule has 0 aliphatic rings. The summed E-state index contributed by atoms with van der Waals surface area (Å²) in [5.41, 5.74) is 1.18. The van der Waals surface area contributed by atoms with Gasteiger partial charge in [-0.2, -0.15) is 0 Å². The molecular formula is C14H21BrN2O2. The highest BCUT2D eigenvalue weighted by molar-refractivity contribution is 9.10. The van der Waals surface area contributed by atoms with Crippen LogP contribution < -0.4 is 5.32 Å². The van der Waals surface area contributed by atoms with E-state index < -0.39 is 0 Å². The van der Waals surface area contributed by atoms with E-state index in [1.165, 1.54) is 5.56 Å². The van der Waals surface area contributed by atoms with Crippen LogP contribution in [-0.2, 0) is 16.1 Å². The van der Waals surface area contributed by atoms with Gasteiger partial charge in [-0.25, -0.2) is 0 Å². The molecule has 1 N–H and O–H groups in total. The van der Waals surface area contributed by atoms with Gasteiger partial charge in [0.15, 0.2) is 0 Å². The number of ether oxygens (including phenoxy) is 1. The molecule has 0 saturated carbocycles. The monoisotopic (exact) mass is 328 g/mol. The van der Waals surface area contributed by atoms with Crippen molar-refractivity contribution in [3.05, 3.63) is 34.3 Å². The summed E-state index contributed by atoms with van der Waals surface area (Å²) >= 11 is 3.40. The Bertz CT molecular complexity index is 395. The lowest BCUT2D eigenvalue weighted by Gasteiger charge is -2.18. The van der Waals surface area contributed by atoms with Crippen molar-refractivity contribution in [2.75, 3.05) is 27.3 Å². The normalized spacial score (nSPS) is 12.5. The van der Waals surface area contributed by atoms with Crippen LogP contribution >= 0.6 is 15.9 Å². The fourth-order valence-electron chi connectivity index (χ4n) is 1.81. The first kappa shape index (κ1) is 16.1. The van der Waals surface area contributed by atoms with Gasteiger partial charge in [-0.3, -0.25) is 9.69 Å². The van der Waals surface area contributed by atoms with Crippen LogP contribution in [0.5, 0.6) is 0 Å². The van der Waals surface area contributed by atoms with E-state index in [-0.39, 0.29) is 11.9 Å². The largest absolute Gasteiger partial charge is 0.383 e. The van der Waals surface area contributed by atoms with Crippen molar-refractivity contribution < 1.29 is 9.53 Å². The summed E-state index contributed by atoms with van der Waals surface area (Å²) < 4.78 is 6.04. The van der Waals surface area contributed by atoms with E-state index in [0.717, 1.165) is 11.0 Å². The highest BCUT2D eigenvalue weighted by Gasteiger charge is 2.10. The molecular weight excluding hydrogens is 308 g/mol. The first-order valence-corrected chi connectivity index (χ1v) is 7.02. The van der Waals surface area contributed by atoms with Crippen molar-refractivity contribution in [3.63, 3.8) is 0 Å². The van der Waals surface area contributed by atoms with Crippen LogP contribution in [-0.4, -0.2) is 44.2 Å². The summed E-state index contributed by atoms with van der Waals surface area (Å²) in [6.45, 7) is 3.59. The molecule has 106 valence electrons. The Hall–Kier alpha value is -0.910. The number of benzene rings is 1. The Morgan fingerprint density at radius 1 is 1.42 bits per heavy atom. The van der Waals surface area contributed by atoms with Gasteiger partial charge < -0.3 is 10.1 Å². The summed E-state index contributed by atoms with van der Waals surface area (Å²) in [6, 6.07) is 8.14. The molecule has 0 fully saturated rings. The molecule has 5 heteroatoms. The zero-order chi connectivity index (χ0) is 14.3. The number of amides is 1. The maximum atomic E-state index is 11.8. The molecule has 1 aromatic rings. The third-order valence-corrected chi connectivity index (χ3v) is 3.13. The van der Waals surface area contributed by atoms with E-state index in [2.05, 4.69) is 21.2 Å². The fourth-order valence-corrected chi connectivity index (χ4v) is 2.08. The van der Waals surface area contributed by atoms with Crippen LogP contribution in [0.25, 0.3) is 0 Å². The van der Waals surface area contributed by atoms with Gasteiger partial charge in [-0.05, 0) is 31.7 Å². The van der Waals surface area contributed by atoms with Gasteiger partial charge in [-0.15, -0.1) is 0 Å². The minimum Gasteiger partial charge on any atom is -0.383 e. The predicted molar refractivity (Wildman–Crippen MR) is 80.0 cm³/mol. The highest BCUT2D eigenvalue weighted by Crippen LogP contribution is 2.11. The molecule has 0 saturated heterocycles. The van der Waals surface area contributed by atoms with Crippen molar-refractivity contribution in [2.24, 2.45) is 0 Å². The van der Waals surface area contributed by atoms with E-state index >= 15 is 0 Å². The average Bonchev–Trinajstić information content (AvgIpc) is 2.32. The summed E-state index contributed by atoms with van der Waals surface area (Å²) in [6.07, 6.45) is 0. The van der Waals surface area contributed by atoms with Crippen molar-refractivity contribution >= 4 is 21.8 Å². The van der Waals surface area contributed by atoms with Crippen LogP contribution in [0.15, 0.2) is 28.7 Å². The number of hydrogen-bond acceptors (Lipinski definition) is 3. The van der Waals surface area contributed by atoms with E-state index in [9.17, 15) is 4.79 Å². The van der Waals surface area contributed by atoms with Crippen molar-refractivity contribution in [3.8, 4) is 0 Å². The lowest BCUT2D eigenvalue weighted by Crippen LogP contribution is -2.41. The van der Waals surface area contributed by atoms with Crippen LogP contribution in [0.1, 0.15) is 12.5 Å². The quantitative estimate of drug-likeness (QED) is 0.832. The maximum absolute atomic E-state index is 11.8. The van der Waals surface area contributed by atoms with Gasteiger partial charge >= 0.3 is 0 Å². The second kappa shape index (κ2) is 8.30. The molecule has 0 aromatic heterocycles. The Balaban J connectivity index is 2.36. The smallest absolute Gasteiger partial charge is 0.234 e. The van der Waals surface area contributed by atoms with Gasteiger partial charge in [0, 0.05) is 24.2 Å². The number of rotatable bonds is 7. The van der Waals surface area contributed by atoms with Crippen LogP contribution in [0.3, 0.4) is 0 Å². The van der Waals surface area contributed by atoms with Gasteiger partial charge in [0.25, 0.3) is 0 Å². The number of nitrogens with one attached hydrogen (secondary N) is 1. The Morgan fingerprint density at radius 2 is 2.05 bits per heavy atom. The maximum Gasteiger partial charge on any atom is 0.234 e. The SMILES string of the molecule is COCC(C)NC(=O)CN(C)Cc1ccc(Br)cc1. The number of hydrogen-bond donors (Lipinski definition) is 1. The highest BCUT2D eigenvalue weighted by atomic mass is 79.9. The Morgan fingerprint density at radius 3 is 2.63 bits per heavy atom. The molecule has 0 bridgehead atoms. The second-order valence-electron chi connectivity index (χ2n) is 4.72. The van der Waals surface area contributed by atoms with E-state index in [1.54, 1.807) is 7.11 Å². The topological polar surface area (TPSA) is 41.6 Å². The Labute approximate surface area is 123 Å². The van der Waals surface area contributed by atoms with Crippen LogP contribution in [0.4, 0.5) is 0 Å². The first-order chi connectivity index (χ1) is 9.01. The van der Waals surface area contributed by atoms with Crippen molar-refractivity contribution in [2.45, 2.75) is 19.5 Å². The van der Waals surface area contributed by atoms with Crippen LogP contribution in [0, 0.1) is 0 Å². The molecule has 4 nitrogen and oxygen atoms in total. The van der Waals surface area contributed by atoms with E-state index in [0.29, 0.717) is 13.2 Å². The second-order valence-corrected chi connectivity index (χ2v) is 5.64. The molecule has 0 spiro atoms. The zero-order valence-corrected chi connectivity index (χ0v) is 13.2. The standard InChI is InChI=1S/C14H21BrN2O2/c1-11(10-19-3)16-14(18)9-17(2)8-12-4-6-13(15)7-5-12/h4-7,11H,8-10H2,1-3H3,(H,16,18). The molecule has 1 rings (SSSR count). The third-order valence-electron chi connectivity index (χ3n) is 2.60. The van der Waals surface area contributed by atoms with Gasteiger partial charge in [0.05, 0.1) is 13.2 Å². The van der Waals surface area contributed by atoms with Crippen molar-refractivity contribution in [1.29, 1.82) is 0 Å². The molecule has 1 aromatic carbocycles. The zero-order valence-electron chi connectivity index (χ0n) is 11.6. The van der Waals surface area contributed by atoms with Crippen LogP contribution in [0.2, 0.25) is 0 Å². The molecule has 1 atom stereocenters. The fraction of sp³-hybridized carbons (Fsp3) is 0.500. The molecule has 0 radical (unpaired) electrons. The summed E-state index contributed by atoms with van der Waals surface area (Å²) in [5, 5.41) is 2.89. The predicted octanol–water partition coefficient (Wildman–Crippen LogP) is 2.03. The molecule has 1 amide bonds. The van der Waals surface area contributed by atoms with Gasteiger partial charge in [0.2, 0.25) is 5.91 Å². The molecule has 0 aliphatic heterocycles. The molecule has 19 heavy (non-hydrogen) atoms. The lowest BCUT2D eigenvalue weighted by molar-refractivity contribution is -0.123. The van der Waals surface area contributed by atoms with E-state index in [1.807, 2.05) is 43.1 Å². The number of methoxy groups -OCH3 is 1. The molecule has 0 heterocycles. The number of nitrogens with zero attached hydrogens (tertiary/aromatic N) is 1. The summed E-state index contributed by atoms with van der Waals surface area (Å²) in [5.74, 6) is 0.0177. The lowest BCUT2D eigenvalue weighted by atomic mass is 10.2. The summed E-state index contributed by atoms with van der Waals surface area (Å²) in [7, 11) is 3.56. The number of carbonyl (C=O) groups is 1. The molecule has 1 unspecified atom stereocenters. The minimum atomic E-state index is 0.0177. The average molecular weight is 329 g/mol. The molecule has 0 aliphatic carbocycles. The number of halogens is 1. The first-order valence-electron chi connectivity index (χ1n) is 6.22. The van der Waals surface area contributed by atoms with Gasteiger partial charge in [0.1, 0.15) is 0 Å². The third kappa shape index (κ3) is 6.71. The number of likely N-dealkylation sites (N-methyl/N-ethyl adjacent to an activating group) is 1. The minimum absolute atomic E-state index is 0.0177. The van der Waals surface area contributed by atoms with Gasteiger partial charge in [-0.1, -0.05) is 28.1 Å². The van der Waals surface area contributed by atoms with E-state index in [4.69, 9.17) is 4.74 Å². The Kier molecular flexibility index (Phi) is 7.05. The summed E-state index contributed by atoms with van der Waals surface area (Å²) in [4.78, 5) is 13.8.